The molecule has 0 spiro atoms. The lowest BCUT2D eigenvalue weighted by Crippen LogP contribution is -2.42. The van der Waals surface area contributed by atoms with Gasteiger partial charge in [-0.15, -0.1) is 12.4 Å². The maximum Gasteiger partial charge on any atom is 0.243 e. The number of sulfonamides is 1. The van der Waals surface area contributed by atoms with Gasteiger partial charge in [0, 0.05) is 25.6 Å². The second-order valence-corrected chi connectivity index (χ2v) is 8.26. The molecule has 1 aliphatic heterocycles. The molecule has 1 amide bonds. The molecule has 1 fully saturated rings. The molecule has 0 unspecified atom stereocenters. The fourth-order valence-electron chi connectivity index (χ4n) is 3.06. The van der Waals surface area contributed by atoms with Crippen molar-refractivity contribution in [3.05, 3.63) is 29.8 Å². The predicted molar refractivity (Wildman–Crippen MR) is 106 cm³/mol. The van der Waals surface area contributed by atoms with E-state index in [1.165, 1.54) is 4.31 Å². The fourth-order valence-corrected chi connectivity index (χ4v) is 4.52. The summed E-state index contributed by atoms with van der Waals surface area (Å²) in [6.45, 7) is 6.47. The Hall–Kier alpha value is -1.15. The first-order valence-corrected chi connectivity index (χ1v) is 10.5. The summed E-state index contributed by atoms with van der Waals surface area (Å²) in [4.78, 5) is 12.3. The van der Waals surface area contributed by atoms with Gasteiger partial charge in [-0.2, -0.15) is 4.31 Å². The molecule has 2 rings (SSSR count). The van der Waals surface area contributed by atoms with E-state index in [-0.39, 0.29) is 24.4 Å². The first-order chi connectivity index (χ1) is 12.0. The minimum Gasteiger partial charge on any atom is -0.353 e. The molecule has 6 nitrogen and oxygen atoms in total. The number of benzene rings is 1. The summed E-state index contributed by atoms with van der Waals surface area (Å²) in [7, 11) is -3.42. The van der Waals surface area contributed by atoms with Crippen molar-refractivity contribution in [1.82, 2.24) is 14.9 Å². The Labute approximate surface area is 163 Å². The van der Waals surface area contributed by atoms with Crippen molar-refractivity contribution in [2.24, 2.45) is 0 Å². The molecule has 1 heterocycles. The third-order valence-electron chi connectivity index (χ3n) is 4.61. The molecule has 0 aliphatic carbocycles. The largest absolute Gasteiger partial charge is 0.353 e. The zero-order valence-corrected chi connectivity index (χ0v) is 17.2. The van der Waals surface area contributed by atoms with Gasteiger partial charge in [-0.25, -0.2) is 8.42 Å². The van der Waals surface area contributed by atoms with E-state index in [0.29, 0.717) is 30.8 Å². The van der Waals surface area contributed by atoms with E-state index in [1.807, 2.05) is 13.8 Å². The second-order valence-electron chi connectivity index (χ2n) is 6.33. The average molecular weight is 404 g/mol. The molecular formula is C18H30ClN3O3S. The number of amides is 1. The third kappa shape index (κ3) is 6.23. The van der Waals surface area contributed by atoms with Crippen molar-refractivity contribution >= 4 is 28.3 Å². The van der Waals surface area contributed by atoms with Crippen LogP contribution in [-0.4, -0.2) is 50.9 Å². The number of carbonyl (C=O) groups excluding carboxylic acids is 1. The van der Waals surface area contributed by atoms with E-state index >= 15 is 0 Å². The first kappa shape index (κ1) is 22.9. The van der Waals surface area contributed by atoms with Crippen molar-refractivity contribution < 1.29 is 13.2 Å². The monoisotopic (exact) mass is 403 g/mol. The molecule has 148 valence electrons. The highest BCUT2D eigenvalue weighted by molar-refractivity contribution is 7.89. The molecule has 0 radical (unpaired) electrons. The predicted octanol–water partition coefficient (Wildman–Crippen LogP) is 1.94. The number of hydrogen-bond acceptors (Lipinski definition) is 4. The zero-order valence-electron chi connectivity index (χ0n) is 15.5. The SMILES string of the molecule is CCN(CC)S(=O)(=O)c1ccc(CCC(=O)NC2CCNCC2)cc1.Cl. The van der Waals surface area contributed by atoms with Gasteiger partial charge >= 0.3 is 0 Å². The summed E-state index contributed by atoms with van der Waals surface area (Å²) in [5, 5.41) is 6.35. The number of hydrogen-bond donors (Lipinski definition) is 2. The standard InChI is InChI=1S/C18H29N3O3S.ClH/c1-3-21(4-2)25(23,24)17-8-5-15(6-9-17)7-10-18(22)20-16-11-13-19-14-12-16;/h5-6,8-9,16,19H,3-4,7,10-14H2,1-2H3,(H,20,22);1H. The van der Waals surface area contributed by atoms with Gasteiger partial charge in [0.1, 0.15) is 0 Å². The lowest BCUT2D eigenvalue weighted by Gasteiger charge is -2.23. The van der Waals surface area contributed by atoms with E-state index < -0.39 is 10.0 Å². The molecule has 26 heavy (non-hydrogen) atoms. The van der Waals surface area contributed by atoms with Crippen molar-refractivity contribution in [2.75, 3.05) is 26.2 Å². The van der Waals surface area contributed by atoms with Gasteiger partial charge < -0.3 is 10.6 Å². The van der Waals surface area contributed by atoms with Gasteiger partial charge in [-0.05, 0) is 50.0 Å². The highest BCUT2D eigenvalue weighted by atomic mass is 35.5. The Bertz CT molecular complexity index is 655. The van der Waals surface area contributed by atoms with Crippen LogP contribution >= 0.6 is 12.4 Å². The minimum atomic E-state index is -3.42. The van der Waals surface area contributed by atoms with Gasteiger partial charge in [0.25, 0.3) is 0 Å². The van der Waals surface area contributed by atoms with Crippen LogP contribution in [0, 0.1) is 0 Å². The number of piperidine rings is 1. The molecule has 8 heteroatoms. The summed E-state index contributed by atoms with van der Waals surface area (Å²) < 4.78 is 26.3. The lowest BCUT2D eigenvalue weighted by atomic mass is 10.1. The van der Waals surface area contributed by atoms with Crippen molar-refractivity contribution in [3.8, 4) is 0 Å². The summed E-state index contributed by atoms with van der Waals surface area (Å²) >= 11 is 0. The van der Waals surface area contributed by atoms with E-state index in [1.54, 1.807) is 24.3 Å². The highest BCUT2D eigenvalue weighted by Gasteiger charge is 2.21. The van der Waals surface area contributed by atoms with Gasteiger partial charge in [-0.1, -0.05) is 26.0 Å². The average Bonchev–Trinajstić information content (AvgIpc) is 2.62. The Morgan fingerprint density at radius 2 is 1.73 bits per heavy atom. The highest BCUT2D eigenvalue weighted by Crippen LogP contribution is 2.17. The van der Waals surface area contributed by atoms with Gasteiger partial charge in [0.05, 0.1) is 4.90 Å². The van der Waals surface area contributed by atoms with E-state index in [2.05, 4.69) is 10.6 Å². The van der Waals surface area contributed by atoms with Crippen molar-refractivity contribution in [3.63, 3.8) is 0 Å². The molecule has 0 bridgehead atoms. The minimum absolute atomic E-state index is 0. The molecule has 1 aromatic carbocycles. The van der Waals surface area contributed by atoms with Crippen LogP contribution in [0.3, 0.4) is 0 Å². The third-order valence-corrected chi connectivity index (χ3v) is 6.68. The van der Waals surface area contributed by atoms with Crippen LogP contribution in [0.5, 0.6) is 0 Å². The summed E-state index contributed by atoms with van der Waals surface area (Å²) in [5.74, 6) is 0.0618. The first-order valence-electron chi connectivity index (χ1n) is 9.06. The molecule has 0 atom stereocenters. The maximum atomic E-state index is 12.4. The Morgan fingerprint density at radius 1 is 1.15 bits per heavy atom. The van der Waals surface area contributed by atoms with Crippen LogP contribution < -0.4 is 10.6 Å². The van der Waals surface area contributed by atoms with Crippen LogP contribution in [0.25, 0.3) is 0 Å². The number of aryl methyl sites for hydroxylation is 1. The Kier molecular flexibility index (Phi) is 9.57. The molecule has 2 N–H and O–H groups in total. The van der Waals surface area contributed by atoms with Crippen LogP contribution in [0.2, 0.25) is 0 Å². The normalized spacial score (nSPS) is 15.5. The lowest BCUT2D eigenvalue weighted by molar-refractivity contribution is -0.121. The van der Waals surface area contributed by atoms with E-state index in [4.69, 9.17) is 0 Å². The fraction of sp³-hybridized carbons (Fsp3) is 0.611. The van der Waals surface area contributed by atoms with Crippen LogP contribution in [0.15, 0.2) is 29.2 Å². The Balaban J connectivity index is 0.00000338. The number of carbonyl (C=O) groups is 1. The van der Waals surface area contributed by atoms with Gasteiger partial charge in [-0.3, -0.25) is 4.79 Å². The van der Waals surface area contributed by atoms with Crippen molar-refractivity contribution in [2.45, 2.75) is 50.5 Å². The summed E-state index contributed by atoms with van der Waals surface area (Å²) in [6.07, 6.45) is 2.99. The second kappa shape index (κ2) is 10.9. The maximum absolute atomic E-state index is 12.4. The zero-order chi connectivity index (χ0) is 18.3. The van der Waals surface area contributed by atoms with Gasteiger partial charge in [0.2, 0.25) is 15.9 Å². The number of halogens is 1. The number of nitrogens with zero attached hydrogens (tertiary/aromatic N) is 1. The number of nitrogens with one attached hydrogen (secondary N) is 2. The quantitative estimate of drug-likeness (QED) is 0.695. The van der Waals surface area contributed by atoms with E-state index in [9.17, 15) is 13.2 Å². The van der Waals surface area contributed by atoms with Gasteiger partial charge in [0.15, 0.2) is 0 Å². The molecule has 1 aliphatic rings. The molecule has 0 saturated carbocycles. The number of rotatable bonds is 8. The molecule has 0 aromatic heterocycles. The topological polar surface area (TPSA) is 78.5 Å². The smallest absolute Gasteiger partial charge is 0.243 e. The molecular weight excluding hydrogens is 374 g/mol. The van der Waals surface area contributed by atoms with Crippen LogP contribution in [0.4, 0.5) is 0 Å². The summed E-state index contributed by atoms with van der Waals surface area (Å²) in [6, 6.07) is 7.14. The van der Waals surface area contributed by atoms with Crippen LogP contribution in [-0.2, 0) is 21.2 Å². The van der Waals surface area contributed by atoms with Crippen LogP contribution in [0.1, 0.15) is 38.7 Å². The van der Waals surface area contributed by atoms with E-state index in [0.717, 1.165) is 31.5 Å². The summed E-state index contributed by atoms with van der Waals surface area (Å²) in [5.41, 5.74) is 0.971. The molecule has 1 aromatic rings. The Morgan fingerprint density at radius 3 is 2.27 bits per heavy atom. The van der Waals surface area contributed by atoms with Crippen molar-refractivity contribution in [1.29, 1.82) is 0 Å². The molecule has 1 saturated heterocycles.